The van der Waals surface area contributed by atoms with Crippen molar-refractivity contribution in [2.24, 2.45) is 5.41 Å². The van der Waals surface area contributed by atoms with Crippen LogP contribution in [0.1, 0.15) is 51.0 Å². The fraction of sp³-hybridized carbons (Fsp3) is 0.500. The van der Waals surface area contributed by atoms with Gasteiger partial charge in [-0.05, 0) is 19.9 Å². The molecule has 0 N–H and O–H groups in total. The zero-order valence-electron chi connectivity index (χ0n) is 11.6. The van der Waals surface area contributed by atoms with Gasteiger partial charge in [0.1, 0.15) is 0 Å². The third-order valence-corrected chi connectivity index (χ3v) is 2.87. The highest BCUT2D eigenvalue weighted by Crippen LogP contribution is 2.23. The molecule has 4 heteroatoms. The Balaban J connectivity index is 2.50. The first-order chi connectivity index (χ1) is 8.30. The molecule has 0 radical (unpaired) electrons. The van der Waals surface area contributed by atoms with E-state index in [2.05, 4.69) is 23.9 Å². The summed E-state index contributed by atoms with van der Waals surface area (Å²) in [6.07, 6.45) is 3.41. The Morgan fingerprint density at radius 3 is 2.50 bits per heavy atom. The van der Waals surface area contributed by atoms with Gasteiger partial charge in [0, 0.05) is 28.6 Å². The van der Waals surface area contributed by atoms with Crippen molar-refractivity contribution in [2.45, 2.75) is 40.7 Å². The van der Waals surface area contributed by atoms with E-state index in [1.165, 1.54) is 0 Å². The average molecular weight is 245 g/mol. The number of hydrogen-bond donors (Lipinski definition) is 0. The number of Topliss-reactive ketones (excluding diaryl/α,β-unsaturated/α-hetero) is 1. The minimum Gasteiger partial charge on any atom is -0.294 e. The van der Waals surface area contributed by atoms with Crippen LogP contribution in [0.3, 0.4) is 0 Å². The quantitative estimate of drug-likeness (QED) is 0.763. The van der Waals surface area contributed by atoms with Gasteiger partial charge in [0.15, 0.2) is 11.4 Å². The van der Waals surface area contributed by atoms with Gasteiger partial charge in [-0.25, -0.2) is 9.67 Å². The minimum absolute atomic E-state index is 0.106. The Labute approximate surface area is 107 Å². The first-order valence-electron chi connectivity index (χ1n) is 6.19. The van der Waals surface area contributed by atoms with Gasteiger partial charge in [-0.2, -0.15) is 5.10 Å². The molecule has 0 aliphatic heterocycles. The van der Waals surface area contributed by atoms with E-state index in [0.717, 1.165) is 11.0 Å². The van der Waals surface area contributed by atoms with Gasteiger partial charge >= 0.3 is 0 Å². The molecule has 0 unspecified atom stereocenters. The molecule has 0 spiro atoms. The van der Waals surface area contributed by atoms with Crippen molar-refractivity contribution in [3.63, 3.8) is 0 Å². The molecule has 2 aromatic rings. The molecule has 96 valence electrons. The van der Waals surface area contributed by atoms with Gasteiger partial charge in [0.2, 0.25) is 0 Å². The predicted octanol–water partition coefficient (Wildman–Crippen LogP) is 3.24. The van der Waals surface area contributed by atoms with Crippen molar-refractivity contribution in [3.8, 4) is 0 Å². The average Bonchev–Trinajstić information content (AvgIpc) is 2.69. The Hall–Kier alpha value is -1.71. The number of nitrogens with zero attached hydrogens (tertiary/aromatic N) is 3. The number of carbonyl (C=O) groups is 1. The van der Waals surface area contributed by atoms with Crippen molar-refractivity contribution in [1.82, 2.24) is 14.8 Å². The summed E-state index contributed by atoms with van der Waals surface area (Å²) in [7, 11) is 0. The van der Waals surface area contributed by atoms with E-state index < -0.39 is 0 Å². The van der Waals surface area contributed by atoms with Gasteiger partial charge in [-0.3, -0.25) is 4.79 Å². The van der Waals surface area contributed by atoms with Crippen LogP contribution in [-0.2, 0) is 0 Å². The summed E-state index contributed by atoms with van der Waals surface area (Å²) in [4.78, 5) is 16.6. The second-order valence-corrected chi connectivity index (χ2v) is 5.90. The van der Waals surface area contributed by atoms with Crippen LogP contribution in [0.15, 0.2) is 18.5 Å². The Morgan fingerprint density at radius 2 is 1.94 bits per heavy atom. The van der Waals surface area contributed by atoms with E-state index in [1.807, 2.05) is 31.5 Å². The van der Waals surface area contributed by atoms with Crippen LogP contribution in [-0.4, -0.2) is 20.5 Å². The van der Waals surface area contributed by atoms with Crippen LogP contribution < -0.4 is 0 Å². The maximum absolute atomic E-state index is 12.2. The molecular formula is C14H19N3O. The molecule has 0 aliphatic rings. The molecule has 0 bridgehead atoms. The van der Waals surface area contributed by atoms with Crippen LogP contribution in [0.4, 0.5) is 0 Å². The summed E-state index contributed by atoms with van der Waals surface area (Å²) in [5.74, 6) is 0.106. The second kappa shape index (κ2) is 4.19. The summed E-state index contributed by atoms with van der Waals surface area (Å²) >= 11 is 0. The Kier molecular flexibility index (Phi) is 2.97. The molecule has 0 atom stereocenters. The number of hydrogen-bond acceptors (Lipinski definition) is 3. The van der Waals surface area contributed by atoms with Gasteiger partial charge in [0.25, 0.3) is 0 Å². The minimum atomic E-state index is -0.386. The van der Waals surface area contributed by atoms with Crippen molar-refractivity contribution in [2.75, 3.05) is 0 Å². The fourth-order valence-corrected chi connectivity index (χ4v) is 1.88. The lowest BCUT2D eigenvalue weighted by Gasteiger charge is -2.16. The first-order valence-corrected chi connectivity index (χ1v) is 6.19. The molecule has 0 saturated heterocycles. The van der Waals surface area contributed by atoms with E-state index in [4.69, 9.17) is 0 Å². The van der Waals surface area contributed by atoms with Crippen LogP contribution in [0, 0.1) is 5.41 Å². The van der Waals surface area contributed by atoms with E-state index in [9.17, 15) is 4.79 Å². The number of carbonyl (C=O) groups excluding carboxylic acids is 1. The van der Waals surface area contributed by atoms with E-state index in [-0.39, 0.29) is 17.2 Å². The highest BCUT2D eigenvalue weighted by atomic mass is 16.1. The summed E-state index contributed by atoms with van der Waals surface area (Å²) in [5.41, 5.74) is 1.09. The highest BCUT2D eigenvalue weighted by Gasteiger charge is 2.23. The van der Waals surface area contributed by atoms with Crippen LogP contribution in [0.2, 0.25) is 0 Å². The van der Waals surface area contributed by atoms with Crippen LogP contribution >= 0.6 is 0 Å². The van der Waals surface area contributed by atoms with Crippen LogP contribution in [0.25, 0.3) is 11.0 Å². The molecule has 2 aromatic heterocycles. The number of pyridine rings is 1. The molecule has 0 saturated carbocycles. The standard InChI is InChI=1S/C14H19N3O/c1-9(2)17-13-11(8-16-17)6-10(7-15-13)12(18)14(3,4)5/h6-9H,1-5H3. The lowest BCUT2D eigenvalue weighted by atomic mass is 9.87. The summed E-state index contributed by atoms with van der Waals surface area (Å²) < 4.78 is 1.86. The first kappa shape index (κ1) is 12.7. The van der Waals surface area contributed by atoms with Crippen molar-refractivity contribution in [3.05, 3.63) is 24.0 Å². The normalized spacial score (nSPS) is 12.3. The number of aromatic nitrogens is 3. The summed E-state index contributed by atoms with van der Waals surface area (Å²) in [6.45, 7) is 9.86. The molecule has 0 aliphatic carbocycles. The van der Waals surface area contributed by atoms with Gasteiger partial charge in [0.05, 0.1) is 6.20 Å². The highest BCUT2D eigenvalue weighted by molar-refractivity contribution is 6.01. The SMILES string of the molecule is CC(C)n1ncc2cc(C(=O)C(C)(C)C)cnc21. The molecule has 2 heterocycles. The molecule has 2 rings (SSSR count). The zero-order valence-corrected chi connectivity index (χ0v) is 11.6. The molecule has 0 fully saturated rings. The lowest BCUT2D eigenvalue weighted by Crippen LogP contribution is -2.20. The molecule has 0 aromatic carbocycles. The summed E-state index contributed by atoms with van der Waals surface area (Å²) in [6, 6.07) is 2.14. The molecular weight excluding hydrogens is 226 g/mol. The van der Waals surface area contributed by atoms with Gasteiger partial charge in [-0.15, -0.1) is 0 Å². The number of ketones is 1. The third-order valence-electron chi connectivity index (χ3n) is 2.87. The maximum Gasteiger partial charge on any atom is 0.169 e. The number of rotatable bonds is 2. The van der Waals surface area contributed by atoms with Crippen molar-refractivity contribution >= 4 is 16.8 Å². The van der Waals surface area contributed by atoms with Crippen molar-refractivity contribution in [1.29, 1.82) is 0 Å². The fourth-order valence-electron chi connectivity index (χ4n) is 1.88. The van der Waals surface area contributed by atoms with E-state index in [0.29, 0.717) is 5.56 Å². The molecule has 0 amide bonds. The second-order valence-electron chi connectivity index (χ2n) is 5.90. The summed E-state index contributed by atoms with van der Waals surface area (Å²) in [5, 5.41) is 5.22. The topological polar surface area (TPSA) is 47.8 Å². The zero-order chi connectivity index (χ0) is 13.5. The maximum atomic E-state index is 12.2. The largest absolute Gasteiger partial charge is 0.294 e. The Bertz CT molecular complexity index is 591. The molecule has 4 nitrogen and oxygen atoms in total. The van der Waals surface area contributed by atoms with E-state index in [1.54, 1.807) is 12.4 Å². The van der Waals surface area contributed by atoms with Gasteiger partial charge < -0.3 is 0 Å². The van der Waals surface area contributed by atoms with Gasteiger partial charge in [-0.1, -0.05) is 20.8 Å². The predicted molar refractivity (Wildman–Crippen MR) is 71.7 cm³/mol. The third kappa shape index (κ3) is 2.15. The number of fused-ring (bicyclic) bond motifs is 1. The van der Waals surface area contributed by atoms with Crippen LogP contribution in [0.5, 0.6) is 0 Å². The Morgan fingerprint density at radius 1 is 1.28 bits per heavy atom. The van der Waals surface area contributed by atoms with E-state index >= 15 is 0 Å². The smallest absolute Gasteiger partial charge is 0.169 e. The van der Waals surface area contributed by atoms with Crippen molar-refractivity contribution < 1.29 is 4.79 Å². The lowest BCUT2D eigenvalue weighted by molar-refractivity contribution is 0.0858. The monoisotopic (exact) mass is 245 g/mol. The molecule has 18 heavy (non-hydrogen) atoms.